The van der Waals surface area contributed by atoms with Crippen molar-refractivity contribution in [1.29, 1.82) is 0 Å². The van der Waals surface area contributed by atoms with Crippen molar-refractivity contribution in [2.45, 2.75) is 31.4 Å². The predicted molar refractivity (Wildman–Crippen MR) is 105 cm³/mol. The lowest BCUT2D eigenvalue weighted by Crippen LogP contribution is -2.47. The SMILES string of the molecule is COc1ccc(CN2C(=O)N[C@]3(CC(=O)[C@@H](COCc4ccccc4)O3)C2=O)cc1. The second kappa shape index (κ2) is 8.25. The van der Waals surface area contributed by atoms with Gasteiger partial charge >= 0.3 is 6.03 Å². The van der Waals surface area contributed by atoms with Gasteiger partial charge in [-0.2, -0.15) is 0 Å². The number of hydrogen-bond acceptors (Lipinski definition) is 6. The van der Waals surface area contributed by atoms with Gasteiger partial charge in [-0.05, 0) is 23.3 Å². The summed E-state index contributed by atoms with van der Waals surface area (Å²) in [7, 11) is 1.56. The number of Topliss-reactive ketones (excluding diaryl/α,β-unsaturated/α-hetero) is 1. The Bertz CT molecular complexity index is 946. The van der Waals surface area contributed by atoms with Crippen molar-refractivity contribution in [3.05, 3.63) is 65.7 Å². The highest BCUT2D eigenvalue weighted by Gasteiger charge is 2.59. The van der Waals surface area contributed by atoms with E-state index in [4.69, 9.17) is 14.2 Å². The van der Waals surface area contributed by atoms with Gasteiger partial charge in [0.1, 0.15) is 11.9 Å². The molecule has 2 aliphatic rings. The topological polar surface area (TPSA) is 94.2 Å². The van der Waals surface area contributed by atoms with Crippen LogP contribution in [0.2, 0.25) is 0 Å². The number of hydrogen-bond donors (Lipinski definition) is 1. The second-order valence-corrected chi connectivity index (χ2v) is 7.25. The molecule has 0 radical (unpaired) electrons. The Morgan fingerprint density at radius 2 is 1.80 bits per heavy atom. The maximum Gasteiger partial charge on any atom is 0.327 e. The van der Waals surface area contributed by atoms with Crippen LogP contribution in [0.25, 0.3) is 0 Å². The molecule has 4 rings (SSSR count). The predicted octanol–water partition coefficient (Wildman–Crippen LogP) is 2.02. The summed E-state index contributed by atoms with van der Waals surface area (Å²) < 4.78 is 16.4. The van der Waals surface area contributed by atoms with Crippen LogP contribution in [0, 0.1) is 0 Å². The molecule has 30 heavy (non-hydrogen) atoms. The smallest absolute Gasteiger partial charge is 0.327 e. The van der Waals surface area contributed by atoms with Crippen LogP contribution in [0.3, 0.4) is 0 Å². The number of ketones is 1. The van der Waals surface area contributed by atoms with E-state index in [1.165, 1.54) is 0 Å². The van der Waals surface area contributed by atoms with Crippen LogP contribution < -0.4 is 10.1 Å². The molecule has 0 bridgehead atoms. The minimum Gasteiger partial charge on any atom is -0.497 e. The van der Waals surface area contributed by atoms with Crippen molar-refractivity contribution >= 4 is 17.7 Å². The average molecular weight is 410 g/mol. The minimum absolute atomic E-state index is 0.0110. The highest BCUT2D eigenvalue weighted by Crippen LogP contribution is 2.33. The van der Waals surface area contributed by atoms with Gasteiger partial charge in [-0.1, -0.05) is 42.5 Å². The van der Waals surface area contributed by atoms with E-state index in [2.05, 4.69) is 5.32 Å². The van der Waals surface area contributed by atoms with Crippen LogP contribution in [0.1, 0.15) is 17.5 Å². The molecule has 2 saturated heterocycles. The molecule has 1 N–H and O–H groups in total. The van der Waals surface area contributed by atoms with Gasteiger partial charge in [0.15, 0.2) is 5.78 Å². The molecule has 156 valence electrons. The van der Waals surface area contributed by atoms with E-state index in [9.17, 15) is 14.4 Å². The Kier molecular flexibility index (Phi) is 5.52. The molecular formula is C22H22N2O6. The normalized spacial score (nSPS) is 23.3. The van der Waals surface area contributed by atoms with Crippen LogP contribution in [-0.2, 0) is 32.2 Å². The Balaban J connectivity index is 1.38. The lowest BCUT2D eigenvalue weighted by atomic mass is 10.1. The molecule has 0 aliphatic carbocycles. The summed E-state index contributed by atoms with van der Waals surface area (Å²) in [5.74, 6) is -0.166. The number of ether oxygens (including phenoxy) is 3. The zero-order valence-corrected chi connectivity index (χ0v) is 16.5. The number of carbonyl (C=O) groups excluding carboxylic acids is 3. The number of carbonyl (C=O) groups is 3. The van der Waals surface area contributed by atoms with E-state index in [1.807, 2.05) is 30.3 Å². The number of amides is 3. The van der Waals surface area contributed by atoms with Crippen LogP contribution in [0.4, 0.5) is 4.79 Å². The third-order valence-electron chi connectivity index (χ3n) is 5.15. The third kappa shape index (κ3) is 3.92. The lowest BCUT2D eigenvalue weighted by molar-refractivity contribution is -0.153. The Labute approximate surface area is 173 Å². The minimum atomic E-state index is -1.65. The van der Waals surface area contributed by atoms with Crippen molar-refractivity contribution in [1.82, 2.24) is 10.2 Å². The summed E-state index contributed by atoms with van der Waals surface area (Å²) in [4.78, 5) is 38.9. The maximum absolute atomic E-state index is 13.0. The summed E-state index contributed by atoms with van der Waals surface area (Å²) in [6, 6.07) is 16.0. The maximum atomic E-state index is 13.0. The number of imide groups is 1. The van der Waals surface area contributed by atoms with Crippen LogP contribution >= 0.6 is 0 Å². The van der Waals surface area contributed by atoms with Crippen LogP contribution in [0.15, 0.2) is 54.6 Å². The molecule has 2 fully saturated rings. The number of urea groups is 1. The molecule has 0 saturated carbocycles. The Morgan fingerprint density at radius 1 is 1.07 bits per heavy atom. The molecule has 8 nitrogen and oxygen atoms in total. The van der Waals surface area contributed by atoms with E-state index in [1.54, 1.807) is 31.4 Å². The third-order valence-corrected chi connectivity index (χ3v) is 5.15. The second-order valence-electron chi connectivity index (χ2n) is 7.25. The van der Waals surface area contributed by atoms with Gasteiger partial charge in [-0.25, -0.2) is 4.79 Å². The molecule has 2 aromatic rings. The fourth-order valence-electron chi connectivity index (χ4n) is 3.56. The zero-order chi connectivity index (χ0) is 21.1. The quantitative estimate of drug-likeness (QED) is 0.702. The fourth-order valence-corrected chi connectivity index (χ4v) is 3.56. The average Bonchev–Trinajstić information content (AvgIpc) is 3.19. The highest BCUT2D eigenvalue weighted by molar-refractivity contribution is 6.09. The monoisotopic (exact) mass is 410 g/mol. The summed E-state index contributed by atoms with van der Waals surface area (Å²) in [5, 5.41) is 2.55. The lowest BCUT2D eigenvalue weighted by Gasteiger charge is -2.20. The molecule has 2 aliphatic heterocycles. The fraction of sp³-hybridized carbons (Fsp3) is 0.318. The highest BCUT2D eigenvalue weighted by atomic mass is 16.6. The molecule has 2 heterocycles. The molecule has 2 atom stereocenters. The molecule has 3 amide bonds. The van der Waals surface area contributed by atoms with Gasteiger partial charge in [-0.3, -0.25) is 14.5 Å². The number of nitrogens with zero attached hydrogens (tertiary/aromatic N) is 1. The largest absolute Gasteiger partial charge is 0.497 e. The number of rotatable bonds is 7. The Hall–Kier alpha value is -3.23. The zero-order valence-electron chi connectivity index (χ0n) is 16.5. The first kappa shape index (κ1) is 20.1. The standard InChI is InChI=1S/C22H22N2O6/c1-28-17-9-7-15(8-10-17)12-24-20(26)22(23-21(24)27)11-18(25)19(30-22)14-29-13-16-5-3-2-4-6-16/h2-10,19H,11-14H2,1H3,(H,23,27)/t19-,22+/m1/s1. The first-order valence-electron chi connectivity index (χ1n) is 9.60. The van der Waals surface area contributed by atoms with Gasteiger partial charge in [0.2, 0.25) is 5.72 Å². The van der Waals surface area contributed by atoms with E-state index >= 15 is 0 Å². The Morgan fingerprint density at radius 3 is 2.50 bits per heavy atom. The molecule has 8 heteroatoms. The van der Waals surface area contributed by atoms with Gasteiger partial charge in [0.05, 0.1) is 33.3 Å². The molecule has 1 spiro atoms. The van der Waals surface area contributed by atoms with E-state index in [0.717, 1.165) is 16.0 Å². The first-order valence-corrected chi connectivity index (χ1v) is 9.60. The molecular weight excluding hydrogens is 388 g/mol. The van der Waals surface area contributed by atoms with Crippen LogP contribution in [0.5, 0.6) is 5.75 Å². The van der Waals surface area contributed by atoms with Crippen LogP contribution in [-0.4, -0.2) is 48.2 Å². The number of nitrogens with one attached hydrogen (secondary N) is 1. The summed E-state index contributed by atoms with van der Waals surface area (Å²) in [6.45, 7) is 0.408. The number of benzene rings is 2. The van der Waals surface area contributed by atoms with Gasteiger partial charge in [0, 0.05) is 0 Å². The van der Waals surface area contributed by atoms with Gasteiger partial charge in [0.25, 0.3) is 5.91 Å². The summed E-state index contributed by atoms with van der Waals surface area (Å²) in [5.41, 5.74) is 0.0681. The number of methoxy groups -OCH3 is 1. The van der Waals surface area contributed by atoms with Gasteiger partial charge < -0.3 is 19.5 Å². The van der Waals surface area contributed by atoms with Crippen molar-refractivity contribution in [2.75, 3.05) is 13.7 Å². The van der Waals surface area contributed by atoms with Gasteiger partial charge in [-0.15, -0.1) is 0 Å². The van der Waals surface area contributed by atoms with E-state index in [-0.39, 0.29) is 25.4 Å². The first-order chi connectivity index (χ1) is 14.5. The molecule has 2 aromatic carbocycles. The van der Waals surface area contributed by atoms with Crippen molar-refractivity contribution < 1.29 is 28.6 Å². The van der Waals surface area contributed by atoms with E-state index < -0.39 is 23.8 Å². The summed E-state index contributed by atoms with van der Waals surface area (Å²) in [6.07, 6.45) is -1.12. The molecule has 0 aromatic heterocycles. The van der Waals surface area contributed by atoms with Crippen molar-refractivity contribution in [3.63, 3.8) is 0 Å². The van der Waals surface area contributed by atoms with E-state index in [0.29, 0.717) is 12.4 Å². The molecule has 0 unspecified atom stereocenters. The van der Waals surface area contributed by atoms with Crippen molar-refractivity contribution in [2.24, 2.45) is 0 Å². The van der Waals surface area contributed by atoms with Crippen molar-refractivity contribution in [3.8, 4) is 5.75 Å². The summed E-state index contributed by atoms with van der Waals surface area (Å²) >= 11 is 0.